The predicted molar refractivity (Wildman–Crippen MR) is 77.6 cm³/mol. The summed E-state index contributed by atoms with van der Waals surface area (Å²) in [4.78, 5) is 16.5. The van der Waals surface area contributed by atoms with Crippen LogP contribution in [0.25, 0.3) is 10.9 Å². The van der Waals surface area contributed by atoms with Gasteiger partial charge in [-0.1, -0.05) is 6.07 Å². The van der Waals surface area contributed by atoms with Gasteiger partial charge < -0.3 is 0 Å². The third-order valence-corrected chi connectivity index (χ3v) is 3.46. The molecule has 0 bridgehead atoms. The highest BCUT2D eigenvalue weighted by molar-refractivity contribution is 5.99. The van der Waals surface area contributed by atoms with Gasteiger partial charge in [-0.05, 0) is 36.8 Å². The van der Waals surface area contributed by atoms with Crippen molar-refractivity contribution in [2.24, 2.45) is 7.05 Å². The molecule has 0 amide bonds. The van der Waals surface area contributed by atoms with Crippen LogP contribution in [0.5, 0.6) is 0 Å². The van der Waals surface area contributed by atoms with E-state index in [2.05, 4.69) is 10.1 Å². The molecular formula is C16H15N3O. The normalized spacial score (nSPS) is 10.8. The van der Waals surface area contributed by atoms with Crippen molar-refractivity contribution in [3.05, 3.63) is 60.0 Å². The number of Topliss-reactive ketones (excluding diaryl/α,β-unsaturated/α-hetero) is 1. The van der Waals surface area contributed by atoms with E-state index in [0.717, 1.165) is 22.2 Å². The Morgan fingerprint density at radius 1 is 1.20 bits per heavy atom. The van der Waals surface area contributed by atoms with Gasteiger partial charge in [-0.2, -0.15) is 5.10 Å². The lowest BCUT2D eigenvalue weighted by atomic mass is 10.0. The number of carbonyl (C=O) groups is 1. The van der Waals surface area contributed by atoms with Gasteiger partial charge in [-0.3, -0.25) is 14.5 Å². The first-order valence-electron chi connectivity index (χ1n) is 6.59. The topological polar surface area (TPSA) is 47.8 Å². The zero-order valence-corrected chi connectivity index (χ0v) is 11.3. The van der Waals surface area contributed by atoms with Gasteiger partial charge in [0.15, 0.2) is 5.78 Å². The van der Waals surface area contributed by atoms with E-state index < -0.39 is 0 Å². The molecule has 0 spiro atoms. The molecule has 20 heavy (non-hydrogen) atoms. The second-order valence-electron chi connectivity index (χ2n) is 4.78. The van der Waals surface area contributed by atoms with E-state index in [4.69, 9.17) is 0 Å². The maximum absolute atomic E-state index is 12.2. The number of benzene rings is 1. The summed E-state index contributed by atoms with van der Waals surface area (Å²) in [5, 5.41) is 5.10. The Balaban J connectivity index is 1.77. The van der Waals surface area contributed by atoms with Gasteiger partial charge in [0.2, 0.25) is 0 Å². The third-order valence-electron chi connectivity index (χ3n) is 3.46. The second-order valence-corrected chi connectivity index (χ2v) is 4.78. The van der Waals surface area contributed by atoms with Crippen LogP contribution in [-0.4, -0.2) is 20.5 Å². The molecule has 0 fully saturated rings. The summed E-state index contributed by atoms with van der Waals surface area (Å²) in [7, 11) is 1.89. The molecule has 100 valence electrons. The van der Waals surface area contributed by atoms with Crippen molar-refractivity contribution in [2.75, 3.05) is 0 Å². The highest BCUT2D eigenvalue weighted by Gasteiger charge is 2.08. The Hall–Kier alpha value is -2.49. The molecule has 0 aliphatic rings. The molecule has 1 aromatic carbocycles. The average Bonchev–Trinajstić information content (AvgIpc) is 2.89. The minimum atomic E-state index is 0.150. The molecule has 4 heteroatoms. The van der Waals surface area contributed by atoms with Crippen LogP contribution in [0.4, 0.5) is 0 Å². The van der Waals surface area contributed by atoms with E-state index >= 15 is 0 Å². The lowest BCUT2D eigenvalue weighted by Gasteiger charge is -2.04. The van der Waals surface area contributed by atoms with Crippen molar-refractivity contribution < 1.29 is 4.79 Å². The fourth-order valence-corrected chi connectivity index (χ4v) is 2.28. The van der Waals surface area contributed by atoms with Gasteiger partial charge in [0.25, 0.3) is 0 Å². The number of aromatic nitrogens is 3. The lowest BCUT2D eigenvalue weighted by Crippen LogP contribution is -2.04. The Labute approximate surface area is 117 Å². The largest absolute Gasteiger partial charge is 0.294 e. The molecule has 3 aromatic rings. The van der Waals surface area contributed by atoms with Gasteiger partial charge >= 0.3 is 0 Å². The van der Waals surface area contributed by atoms with Gasteiger partial charge in [0.1, 0.15) is 0 Å². The molecule has 0 aliphatic heterocycles. The Morgan fingerprint density at radius 2 is 2.10 bits per heavy atom. The Morgan fingerprint density at radius 3 is 2.90 bits per heavy atom. The van der Waals surface area contributed by atoms with Gasteiger partial charge in [-0.25, -0.2) is 0 Å². The Kier molecular flexibility index (Phi) is 3.29. The van der Waals surface area contributed by atoms with Crippen LogP contribution in [0.15, 0.2) is 48.8 Å². The van der Waals surface area contributed by atoms with E-state index in [-0.39, 0.29) is 5.78 Å². The number of pyridine rings is 1. The number of fused-ring (bicyclic) bond motifs is 1. The molecular weight excluding hydrogens is 250 g/mol. The van der Waals surface area contributed by atoms with Crippen molar-refractivity contribution in [1.82, 2.24) is 14.8 Å². The molecule has 4 nitrogen and oxygen atoms in total. The number of ketones is 1. The number of carbonyl (C=O) groups excluding carboxylic acids is 1. The van der Waals surface area contributed by atoms with Crippen molar-refractivity contribution in [1.29, 1.82) is 0 Å². The molecule has 0 radical (unpaired) electrons. The first kappa shape index (κ1) is 12.5. The predicted octanol–water partition coefficient (Wildman–Crippen LogP) is 2.78. The monoisotopic (exact) mass is 265 g/mol. The standard InChI is InChI=1S/C16H15N3O/c1-19-14(8-10-18-19)5-7-16(20)13-4-6-15-12(11-13)3-2-9-17-15/h2-4,6,8-11H,5,7H2,1H3. The zero-order valence-electron chi connectivity index (χ0n) is 11.3. The van der Waals surface area contributed by atoms with E-state index in [1.54, 1.807) is 17.1 Å². The summed E-state index contributed by atoms with van der Waals surface area (Å²) in [5.74, 6) is 0.150. The summed E-state index contributed by atoms with van der Waals surface area (Å²) >= 11 is 0. The van der Waals surface area contributed by atoms with Gasteiger partial charge in [-0.15, -0.1) is 0 Å². The maximum Gasteiger partial charge on any atom is 0.163 e. The highest BCUT2D eigenvalue weighted by Crippen LogP contribution is 2.15. The molecule has 2 aromatic heterocycles. The van der Waals surface area contributed by atoms with Crippen molar-refractivity contribution >= 4 is 16.7 Å². The van der Waals surface area contributed by atoms with Crippen LogP contribution < -0.4 is 0 Å². The number of hydrogen-bond acceptors (Lipinski definition) is 3. The first-order valence-corrected chi connectivity index (χ1v) is 6.59. The number of rotatable bonds is 4. The van der Waals surface area contributed by atoms with Crippen LogP contribution in [0.1, 0.15) is 22.5 Å². The van der Waals surface area contributed by atoms with E-state index in [1.807, 2.05) is 43.4 Å². The molecule has 0 aliphatic carbocycles. The minimum Gasteiger partial charge on any atom is -0.294 e. The first-order chi connectivity index (χ1) is 9.74. The summed E-state index contributed by atoms with van der Waals surface area (Å²) in [6.07, 6.45) is 4.71. The van der Waals surface area contributed by atoms with Crippen molar-refractivity contribution in [3.63, 3.8) is 0 Å². The molecule has 2 heterocycles. The van der Waals surface area contributed by atoms with Crippen LogP contribution >= 0.6 is 0 Å². The second kappa shape index (κ2) is 5.25. The van der Waals surface area contributed by atoms with E-state index in [9.17, 15) is 4.79 Å². The third kappa shape index (κ3) is 2.45. The summed E-state index contributed by atoms with van der Waals surface area (Å²) in [6.45, 7) is 0. The smallest absolute Gasteiger partial charge is 0.163 e. The molecule has 0 unspecified atom stereocenters. The zero-order chi connectivity index (χ0) is 13.9. The lowest BCUT2D eigenvalue weighted by molar-refractivity contribution is 0.0982. The maximum atomic E-state index is 12.2. The van der Waals surface area contributed by atoms with Crippen molar-refractivity contribution in [3.8, 4) is 0 Å². The molecule has 0 saturated heterocycles. The molecule has 3 rings (SSSR count). The van der Waals surface area contributed by atoms with Gasteiger partial charge in [0.05, 0.1) is 5.52 Å². The fourth-order valence-electron chi connectivity index (χ4n) is 2.28. The molecule has 0 N–H and O–H groups in total. The quantitative estimate of drug-likeness (QED) is 0.681. The minimum absolute atomic E-state index is 0.150. The summed E-state index contributed by atoms with van der Waals surface area (Å²) in [6, 6.07) is 11.4. The van der Waals surface area contributed by atoms with Crippen LogP contribution in [0.3, 0.4) is 0 Å². The summed E-state index contributed by atoms with van der Waals surface area (Å²) in [5.41, 5.74) is 2.73. The van der Waals surface area contributed by atoms with Crippen molar-refractivity contribution in [2.45, 2.75) is 12.8 Å². The number of aryl methyl sites for hydroxylation is 2. The molecule has 0 saturated carbocycles. The SMILES string of the molecule is Cn1nccc1CCC(=O)c1ccc2ncccc2c1. The van der Waals surface area contributed by atoms with Gasteiger partial charge in [0, 0.05) is 42.5 Å². The molecule has 0 atom stereocenters. The van der Waals surface area contributed by atoms with Crippen LogP contribution in [0.2, 0.25) is 0 Å². The Bertz CT molecular complexity index is 761. The van der Waals surface area contributed by atoms with Crippen LogP contribution in [-0.2, 0) is 13.5 Å². The summed E-state index contributed by atoms with van der Waals surface area (Å²) < 4.78 is 1.80. The average molecular weight is 265 g/mol. The highest BCUT2D eigenvalue weighted by atomic mass is 16.1. The van der Waals surface area contributed by atoms with E-state index in [1.165, 1.54) is 0 Å². The number of hydrogen-bond donors (Lipinski definition) is 0. The fraction of sp³-hybridized carbons (Fsp3) is 0.188. The van der Waals surface area contributed by atoms with E-state index in [0.29, 0.717) is 12.8 Å². The number of nitrogens with zero attached hydrogens (tertiary/aromatic N) is 3. The van der Waals surface area contributed by atoms with Crippen LogP contribution in [0, 0.1) is 0 Å².